The molecule has 2 unspecified atom stereocenters. The fourth-order valence-electron chi connectivity index (χ4n) is 3.41. The molecule has 0 radical (unpaired) electrons. The van der Waals surface area contributed by atoms with E-state index in [0.29, 0.717) is 22.0 Å². The Bertz CT molecular complexity index is 1080. The van der Waals surface area contributed by atoms with Gasteiger partial charge in [0.1, 0.15) is 33.6 Å². The molecule has 2 aliphatic rings. The molecule has 2 aliphatic heterocycles. The van der Waals surface area contributed by atoms with Crippen molar-refractivity contribution in [2.75, 3.05) is 5.75 Å². The zero-order valence-electron chi connectivity index (χ0n) is 15.7. The number of hydrogen-bond donors (Lipinski definition) is 4. The molecule has 1 saturated heterocycles. The first-order valence-electron chi connectivity index (χ1n) is 8.90. The molecule has 2 atom stereocenters. The number of nitrogens with zero attached hydrogens (tertiary/aromatic N) is 2. The van der Waals surface area contributed by atoms with Gasteiger partial charge in [-0.15, -0.1) is 23.1 Å². The van der Waals surface area contributed by atoms with Crippen LogP contribution in [0.4, 0.5) is 0 Å². The van der Waals surface area contributed by atoms with Gasteiger partial charge in [0.15, 0.2) is 0 Å². The monoisotopic (exact) mass is 447 g/mol. The molecule has 3 heterocycles. The molecule has 0 saturated carbocycles. The molecule has 30 heavy (non-hydrogen) atoms. The number of aromatic nitrogens is 1. The van der Waals surface area contributed by atoms with Crippen molar-refractivity contribution in [3.05, 3.63) is 40.5 Å². The second-order valence-electron chi connectivity index (χ2n) is 6.88. The summed E-state index contributed by atoms with van der Waals surface area (Å²) in [5.74, 6) is -1.79. The van der Waals surface area contributed by atoms with Gasteiger partial charge < -0.3 is 20.6 Å². The van der Waals surface area contributed by atoms with Crippen LogP contribution in [-0.4, -0.2) is 60.2 Å². The highest BCUT2D eigenvalue weighted by Gasteiger charge is 2.53. The van der Waals surface area contributed by atoms with E-state index in [1.807, 2.05) is 0 Å². The van der Waals surface area contributed by atoms with Crippen molar-refractivity contribution in [1.29, 1.82) is 0 Å². The summed E-state index contributed by atoms with van der Waals surface area (Å²) in [5, 5.41) is 33.5. The molecule has 4 N–H and O–H groups in total. The van der Waals surface area contributed by atoms with Crippen LogP contribution in [0, 0.1) is 0 Å². The highest BCUT2D eigenvalue weighted by molar-refractivity contribution is 8.00. The number of aliphatic carboxylic acids is 1. The number of phenols is 2. The average molecular weight is 447 g/mol. The molecule has 0 bridgehead atoms. The maximum Gasteiger partial charge on any atom is 0.352 e. The van der Waals surface area contributed by atoms with E-state index in [1.54, 1.807) is 12.3 Å². The number of carbonyl (C=O) groups is 3. The minimum Gasteiger partial charge on any atom is -0.507 e. The Kier molecular flexibility index (Phi) is 5.16. The zero-order chi connectivity index (χ0) is 21.6. The number of thioether (sulfide) groups is 1. The number of fused-ring (bicyclic) bond motifs is 1. The lowest BCUT2D eigenvalue weighted by atomic mass is 10.0. The van der Waals surface area contributed by atoms with Crippen molar-refractivity contribution in [1.82, 2.24) is 15.2 Å². The Morgan fingerprint density at radius 1 is 1.30 bits per heavy atom. The van der Waals surface area contributed by atoms with Crippen LogP contribution in [-0.2, 0) is 20.8 Å². The van der Waals surface area contributed by atoms with E-state index in [-0.39, 0.29) is 29.2 Å². The second-order valence-corrected chi connectivity index (χ2v) is 8.84. The number of thiazole rings is 1. The Hall–Kier alpha value is -3.05. The number of benzene rings is 1. The molecule has 11 heteroatoms. The second kappa shape index (κ2) is 7.65. The fourth-order valence-corrected chi connectivity index (χ4v) is 5.59. The Balaban J connectivity index is 1.43. The van der Waals surface area contributed by atoms with Crippen molar-refractivity contribution in [3.63, 3.8) is 0 Å². The van der Waals surface area contributed by atoms with Crippen LogP contribution in [0.5, 0.6) is 11.5 Å². The summed E-state index contributed by atoms with van der Waals surface area (Å²) >= 11 is 2.58. The number of rotatable bonds is 5. The molecule has 2 aromatic rings. The van der Waals surface area contributed by atoms with Crippen molar-refractivity contribution in [3.8, 4) is 22.1 Å². The fraction of sp³-hybridized carbons (Fsp3) is 0.263. The first-order chi connectivity index (χ1) is 14.3. The quantitative estimate of drug-likeness (QED) is 0.506. The smallest absolute Gasteiger partial charge is 0.352 e. The first kappa shape index (κ1) is 20.2. The van der Waals surface area contributed by atoms with Gasteiger partial charge in [-0.2, -0.15) is 0 Å². The number of aromatic hydroxyl groups is 2. The van der Waals surface area contributed by atoms with E-state index < -0.39 is 29.2 Å². The number of phenolic OH excluding ortho intramolecular Hbond substituents is 2. The predicted octanol–water partition coefficient (Wildman–Crippen LogP) is 1.52. The summed E-state index contributed by atoms with van der Waals surface area (Å²) < 4.78 is 0. The molecule has 1 aromatic carbocycles. The van der Waals surface area contributed by atoms with E-state index in [9.17, 15) is 29.7 Å². The van der Waals surface area contributed by atoms with E-state index >= 15 is 0 Å². The third-order valence-corrected chi connectivity index (χ3v) is 7.14. The Labute approximate surface area is 179 Å². The summed E-state index contributed by atoms with van der Waals surface area (Å²) in [6, 6.07) is 3.58. The maximum absolute atomic E-state index is 12.4. The molecule has 2 amide bonds. The van der Waals surface area contributed by atoms with Gasteiger partial charge in [-0.25, -0.2) is 9.78 Å². The van der Waals surface area contributed by atoms with Gasteiger partial charge in [0.2, 0.25) is 5.91 Å². The minimum absolute atomic E-state index is 0.0131. The normalized spacial score (nSPS) is 20.6. The summed E-state index contributed by atoms with van der Waals surface area (Å²) in [6.45, 7) is 1.67. The summed E-state index contributed by atoms with van der Waals surface area (Å²) in [4.78, 5) is 41.8. The number of hydrogen-bond acceptors (Lipinski definition) is 8. The SMILES string of the molecule is CC1=C(C(=O)O)N2C(=O)C(NC(=O)Cc3csc(-c4c(O)cccc4O)n3)C2SC1. The largest absolute Gasteiger partial charge is 0.507 e. The highest BCUT2D eigenvalue weighted by atomic mass is 32.2. The number of carboxylic acid groups (broad SMARTS) is 1. The van der Waals surface area contributed by atoms with Crippen LogP contribution in [0.15, 0.2) is 34.8 Å². The first-order valence-corrected chi connectivity index (χ1v) is 10.8. The lowest BCUT2D eigenvalue weighted by molar-refractivity contribution is -0.150. The molecule has 156 valence electrons. The van der Waals surface area contributed by atoms with E-state index in [1.165, 1.54) is 46.2 Å². The molecular formula is C19H17N3O6S2. The summed E-state index contributed by atoms with van der Waals surface area (Å²) in [6.07, 6.45) is -0.0906. The standard InChI is InChI=1S/C19H17N3O6S2/c1-8-6-30-18-14(17(26)22(18)15(8)19(27)28)21-12(25)5-9-7-29-16(20-9)13-10(23)3-2-4-11(13)24/h2-4,7,14,18,23-24H,5-6H2,1H3,(H,21,25)(H,27,28). The molecule has 1 fully saturated rings. The van der Waals surface area contributed by atoms with Gasteiger partial charge in [-0.3, -0.25) is 14.5 Å². The Morgan fingerprint density at radius 2 is 2.00 bits per heavy atom. The third kappa shape index (κ3) is 3.39. The van der Waals surface area contributed by atoms with E-state index in [0.717, 1.165) is 0 Å². The van der Waals surface area contributed by atoms with Crippen LogP contribution in [0.3, 0.4) is 0 Å². The number of nitrogens with one attached hydrogen (secondary N) is 1. The maximum atomic E-state index is 12.4. The van der Waals surface area contributed by atoms with Crippen LogP contribution < -0.4 is 5.32 Å². The zero-order valence-corrected chi connectivity index (χ0v) is 17.3. The average Bonchev–Trinajstić information content (AvgIpc) is 3.13. The van der Waals surface area contributed by atoms with Gasteiger partial charge in [0.25, 0.3) is 5.91 Å². The van der Waals surface area contributed by atoms with Crippen molar-refractivity contribution < 1.29 is 29.7 Å². The van der Waals surface area contributed by atoms with Crippen LogP contribution in [0.1, 0.15) is 12.6 Å². The molecule has 1 aromatic heterocycles. The predicted molar refractivity (Wildman–Crippen MR) is 110 cm³/mol. The van der Waals surface area contributed by atoms with Gasteiger partial charge in [-0.1, -0.05) is 6.07 Å². The number of carbonyl (C=O) groups excluding carboxylic acids is 2. The number of β-lactam (4-membered cyclic amide) rings is 1. The van der Waals surface area contributed by atoms with Gasteiger partial charge >= 0.3 is 5.97 Å². The molecule has 9 nitrogen and oxygen atoms in total. The van der Waals surface area contributed by atoms with E-state index in [2.05, 4.69) is 10.3 Å². The van der Waals surface area contributed by atoms with Crippen LogP contribution in [0.25, 0.3) is 10.6 Å². The summed E-state index contributed by atoms with van der Waals surface area (Å²) in [7, 11) is 0. The van der Waals surface area contributed by atoms with Crippen molar-refractivity contribution >= 4 is 40.9 Å². The van der Waals surface area contributed by atoms with Crippen molar-refractivity contribution in [2.24, 2.45) is 0 Å². The lowest BCUT2D eigenvalue weighted by Gasteiger charge is -2.49. The van der Waals surface area contributed by atoms with E-state index in [4.69, 9.17) is 0 Å². The number of amides is 2. The molecule has 0 spiro atoms. The Morgan fingerprint density at radius 3 is 2.67 bits per heavy atom. The summed E-state index contributed by atoms with van der Waals surface area (Å²) in [5.41, 5.74) is 1.23. The topological polar surface area (TPSA) is 140 Å². The molecule has 4 rings (SSSR count). The van der Waals surface area contributed by atoms with Gasteiger partial charge in [0.05, 0.1) is 17.7 Å². The minimum atomic E-state index is -1.15. The van der Waals surface area contributed by atoms with Crippen LogP contribution >= 0.6 is 23.1 Å². The number of carboxylic acids is 1. The third-order valence-electron chi connectivity index (χ3n) is 4.81. The highest BCUT2D eigenvalue weighted by Crippen LogP contribution is 2.40. The molecular weight excluding hydrogens is 430 g/mol. The molecule has 0 aliphatic carbocycles. The lowest BCUT2D eigenvalue weighted by Crippen LogP contribution is -2.70. The van der Waals surface area contributed by atoms with Gasteiger partial charge in [-0.05, 0) is 24.6 Å². The van der Waals surface area contributed by atoms with Crippen molar-refractivity contribution in [2.45, 2.75) is 24.8 Å². The van der Waals surface area contributed by atoms with Crippen LogP contribution in [0.2, 0.25) is 0 Å². The van der Waals surface area contributed by atoms with Gasteiger partial charge in [0, 0.05) is 11.1 Å².